The predicted octanol–water partition coefficient (Wildman–Crippen LogP) is 18.2. The van der Waals surface area contributed by atoms with Gasteiger partial charge in [0.1, 0.15) is 5.76 Å². The zero-order valence-electron chi connectivity index (χ0n) is 74.3. The van der Waals surface area contributed by atoms with E-state index in [0.29, 0.717) is 33.4 Å². The lowest BCUT2D eigenvalue weighted by molar-refractivity contribution is 0.0676. The number of aromatic carboxylic acids is 11. The van der Waals surface area contributed by atoms with E-state index in [4.69, 9.17) is 0 Å². The highest BCUT2D eigenvalue weighted by molar-refractivity contribution is 5.99. The molecule has 0 saturated heterocycles. The van der Waals surface area contributed by atoms with Crippen LogP contribution in [0.3, 0.4) is 0 Å². The standard InChI is InChI=1S/C78H42O12.C43H20O11/c79-73(80)67-37-58(38-68(46-67)74(81)82)22-19-52-7-1-49(2-8-52)13-16-55-25-31-61(32-26-55)64-43-65(62-33-27-56(28-34-62)17-14-50-3-9-53(10-4-50)20-23-59-39-69(75(83)84)47-70(40-59)76(85)86)45-66(44-64)63-35-29-57(30-36-63)18-15-51-5-11-54(12-6-51)21-24-60-41-71(77(87)88)48-72(42-60)78(89)90;1-26(44)33-17-30(18-34(23-33)39(45)46)11-5-2-8-27-14-28(9-3-6-12-31-19-35(40(47)48)24-36(20-31)41(49)50)16-29(15-27)10-4-7-13-32-21-37(42(51)52)25-38(22-32)43(53)54/h1-12,25-48H,(H,79,80)(H,81,82)(H,83,84)(H,85,86)(H,87,88)(H,89,90);14-25,44H,1H2,(H,45,46)(H,47,48)(H,49,50)(H,51,52)(H,53,54). The van der Waals surface area contributed by atoms with E-state index in [0.717, 1.165) is 97.1 Å². The Kier molecular flexibility index (Phi) is 31.6. The van der Waals surface area contributed by atoms with Crippen LogP contribution >= 0.6 is 0 Å². The summed E-state index contributed by atoms with van der Waals surface area (Å²) >= 11 is 0. The van der Waals surface area contributed by atoms with E-state index in [9.17, 15) is 114 Å². The second-order valence-corrected chi connectivity index (χ2v) is 30.7. The van der Waals surface area contributed by atoms with Gasteiger partial charge < -0.3 is 61.3 Å². The molecule has 14 aromatic carbocycles. The van der Waals surface area contributed by atoms with Crippen molar-refractivity contribution in [3.05, 3.63) is 465 Å². The normalized spacial score (nSPS) is 9.67. The summed E-state index contributed by atoms with van der Waals surface area (Å²) in [5.74, 6) is 54.3. The number of rotatable bonds is 15. The molecule has 0 aromatic heterocycles. The molecule has 0 amide bonds. The fourth-order valence-corrected chi connectivity index (χ4v) is 13.3. The summed E-state index contributed by atoms with van der Waals surface area (Å²) in [6.07, 6.45) is 0. The average Bonchev–Trinajstić information content (AvgIpc) is 0.792. The van der Waals surface area contributed by atoms with E-state index < -0.39 is 65.7 Å². The first kappa shape index (κ1) is 99.0. The van der Waals surface area contributed by atoms with Gasteiger partial charge in [0.15, 0.2) is 0 Å². The predicted molar refractivity (Wildman–Crippen MR) is 533 cm³/mol. The molecule has 0 bridgehead atoms. The summed E-state index contributed by atoms with van der Waals surface area (Å²) in [6, 6.07) is 78.6. The third-order valence-corrected chi connectivity index (χ3v) is 20.4. The number of hydrogen-bond acceptors (Lipinski definition) is 12. The smallest absolute Gasteiger partial charge is 0.335 e. The van der Waals surface area contributed by atoms with Crippen molar-refractivity contribution >= 4 is 71.4 Å². The first-order valence-corrected chi connectivity index (χ1v) is 42.1. The molecule has 0 atom stereocenters. The van der Waals surface area contributed by atoms with Crippen molar-refractivity contribution in [3.8, 4) is 175 Å². The molecule has 0 unspecified atom stereocenters. The van der Waals surface area contributed by atoms with Crippen LogP contribution < -0.4 is 0 Å². The third-order valence-electron chi connectivity index (χ3n) is 20.4. The van der Waals surface area contributed by atoms with Gasteiger partial charge in [-0.15, -0.1) is 0 Å². The van der Waals surface area contributed by atoms with Crippen molar-refractivity contribution < 1.29 is 114 Å². The lowest BCUT2D eigenvalue weighted by Crippen LogP contribution is -2.03. The molecule has 0 radical (unpaired) electrons. The molecule has 23 nitrogen and oxygen atoms in total. The van der Waals surface area contributed by atoms with Crippen molar-refractivity contribution in [1.29, 1.82) is 0 Å². The van der Waals surface area contributed by atoms with Crippen LogP contribution in [-0.4, -0.2) is 127 Å². The van der Waals surface area contributed by atoms with Crippen LogP contribution in [0.25, 0.3) is 39.1 Å². The Morgan fingerprint density at radius 1 is 0.132 bits per heavy atom. The number of aliphatic hydroxyl groups excluding tert-OH is 1. The molecular weight excluding hydrogens is 1820 g/mol. The quantitative estimate of drug-likeness (QED) is 0.0335. The molecule has 14 rings (SSSR count). The molecule has 0 aliphatic carbocycles. The summed E-state index contributed by atoms with van der Waals surface area (Å²) in [7, 11) is 0. The Hall–Kier alpha value is -22.5. The Morgan fingerprint density at radius 2 is 0.250 bits per heavy atom. The SMILES string of the molecule is C=C(O)c1cc(C#CC#Cc2cc(C#CC#Cc3cc(C(=O)O)cc(C(=O)O)c3)cc(C#CC#Cc3cc(C(=O)O)cc(C(=O)O)c3)c2)cc(C(=O)O)c1.O=C(O)c1cc(C#Cc2ccc(C#Cc3ccc(-c4cc(-c5ccc(C#Cc6ccc(C#Cc7cc(C(=O)O)cc(C(=O)O)c7)cc6)cc5)cc(-c5ccc(C#Cc6ccc(C#Cc7cc(C(=O)O)cc(C(=O)O)c7)cc6)cc5)c4)cc3)cc2)cc(C(=O)O)c1. The Labute approximate surface area is 820 Å². The van der Waals surface area contributed by atoms with E-state index in [1.54, 1.807) is 54.6 Å². The van der Waals surface area contributed by atoms with Crippen LogP contribution in [0, 0.1) is 142 Å². The van der Waals surface area contributed by atoms with Gasteiger partial charge >= 0.3 is 65.7 Å². The van der Waals surface area contributed by atoms with Gasteiger partial charge in [0.2, 0.25) is 0 Å². The van der Waals surface area contributed by atoms with Gasteiger partial charge in [-0.25, -0.2) is 52.7 Å². The zero-order chi connectivity index (χ0) is 103. The number of hydrogen-bond donors (Lipinski definition) is 12. The number of aliphatic hydroxyl groups is 1. The van der Waals surface area contributed by atoms with Gasteiger partial charge in [-0.05, 0) is 324 Å². The van der Waals surface area contributed by atoms with Crippen molar-refractivity contribution in [2.24, 2.45) is 0 Å². The van der Waals surface area contributed by atoms with E-state index >= 15 is 0 Å². The molecule has 0 fully saturated rings. The van der Waals surface area contributed by atoms with Crippen molar-refractivity contribution in [2.75, 3.05) is 0 Å². The number of carbonyl (C=O) groups is 11. The fourth-order valence-electron chi connectivity index (χ4n) is 13.3. The van der Waals surface area contributed by atoms with Gasteiger partial charge in [-0.2, -0.15) is 0 Å². The van der Waals surface area contributed by atoms with Crippen LogP contribution in [0.4, 0.5) is 0 Å². The summed E-state index contributed by atoms with van der Waals surface area (Å²) < 4.78 is 0. The minimum Gasteiger partial charge on any atom is -0.508 e. The molecule has 12 N–H and O–H groups in total. The maximum Gasteiger partial charge on any atom is 0.335 e. The van der Waals surface area contributed by atoms with Crippen molar-refractivity contribution in [2.45, 2.75) is 0 Å². The third kappa shape index (κ3) is 28.1. The molecule has 14 aromatic rings. The molecule has 23 heteroatoms. The molecule has 684 valence electrons. The summed E-state index contributed by atoms with van der Waals surface area (Å²) in [4.78, 5) is 126. The van der Waals surface area contributed by atoms with E-state index in [-0.39, 0.29) is 106 Å². The number of carboxylic acid groups (broad SMARTS) is 11. The molecule has 0 aliphatic heterocycles. The second kappa shape index (κ2) is 46.0. The van der Waals surface area contributed by atoms with Crippen molar-refractivity contribution in [1.82, 2.24) is 0 Å². The highest BCUT2D eigenvalue weighted by Crippen LogP contribution is 2.34. The molecule has 144 heavy (non-hydrogen) atoms. The van der Waals surface area contributed by atoms with Crippen LogP contribution in [-0.2, 0) is 0 Å². The van der Waals surface area contributed by atoms with E-state index in [1.807, 2.05) is 109 Å². The highest BCUT2D eigenvalue weighted by Gasteiger charge is 2.19. The van der Waals surface area contributed by atoms with Gasteiger partial charge in [-0.1, -0.05) is 150 Å². The maximum atomic E-state index is 11.5. The van der Waals surface area contributed by atoms with Gasteiger partial charge in [-0.3, -0.25) is 0 Å². The minimum absolute atomic E-state index is 0.110. The van der Waals surface area contributed by atoms with Crippen LogP contribution in [0.1, 0.15) is 220 Å². The monoisotopic (exact) mass is 1880 g/mol. The minimum atomic E-state index is -1.33. The number of carboxylic acids is 11. The molecular formula is C121H62O23. The van der Waals surface area contributed by atoms with Crippen LogP contribution in [0.15, 0.2) is 298 Å². The Bertz CT molecular complexity index is 7650. The lowest BCUT2D eigenvalue weighted by Gasteiger charge is -2.12. The molecule has 0 aliphatic rings. The largest absolute Gasteiger partial charge is 0.508 e. The van der Waals surface area contributed by atoms with Gasteiger partial charge in [0, 0.05) is 106 Å². The molecule has 0 heterocycles. The maximum absolute atomic E-state index is 11.5. The molecule has 0 spiro atoms. The summed E-state index contributed by atoms with van der Waals surface area (Å²) in [5, 5.41) is 113. The summed E-state index contributed by atoms with van der Waals surface area (Å²) in [5.41, 5.74) is 12.5. The number of benzene rings is 14. The lowest BCUT2D eigenvalue weighted by atomic mass is 9.92. The highest BCUT2D eigenvalue weighted by atomic mass is 16.4. The second-order valence-electron chi connectivity index (χ2n) is 30.7. The summed E-state index contributed by atoms with van der Waals surface area (Å²) in [6.45, 7) is 3.40. The fraction of sp³-hybridized carbons (Fsp3) is 0. The Balaban J connectivity index is 0.000000275. The van der Waals surface area contributed by atoms with Crippen molar-refractivity contribution in [3.63, 3.8) is 0 Å². The Morgan fingerprint density at radius 3 is 0.396 bits per heavy atom. The van der Waals surface area contributed by atoms with E-state index in [2.05, 4.69) is 167 Å². The van der Waals surface area contributed by atoms with E-state index in [1.165, 1.54) is 78.9 Å². The zero-order valence-corrected chi connectivity index (χ0v) is 74.3. The molecule has 0 saturated carbocycles. The van der Waals surface area contributed by atoms with Gasteiger partial charge in [0.05, 0.1) is 61.2 Å². The first-order valence-electron chi connectivity index (χ1n) is 42.1. The topological polar surface area (TPSA) is 431 Å². The first-order chi connectivity index (χ1) is 69.1. The van der Waals surface area contributed by atoms with Gasteiger partial charge in [0.25, 0.3) is 0 Å². The van der Waals surface area contributed by atoms with Crippen LogP contribution in [0.5, 0.6) is 0 Å². The average molecular weight is 1880 g/mol. The van der Waals surface area contributed by atoms with Crippen LogP contribution in [0.2, 0.25) is 0 Å².